The molecule has 4 nitrogen and oxygen atoms in total. The average Bonchev–Trinajstić information content (AvgIpc) is 2.79. The van der Waals surface area contributed by atoms with Gasteiger partial charge in [0.2, 0.25) is 0 Å². The molecule has 0 saturated heterocycles. The SMILES string of the molecule is CCn1c(C)cc(C(=O)OCc2ccccc2C#N)c1C. The lowest BCUT2D eigenvalue weighted by Gasteiger charge is -2.07. The van der Waals surface area contributed by atoms with E-state index in [9.17, 15) is 4.79 Å². The number of ether oxygens (including phenoxy) is 1. The lowest BCUT2D eigenvalue weighted by atomic mass is 10.1. The normalized spacial score (nSPS) is 10.2. The van der Waals surface area contributed by atoms with Crippen molar-refractivity contribution in [1.29, 1.82) is 5.26 Å². The maximum Gasteiger partial charge on any atom is 0.340 e. The van der Waals surface area contributed by atoms with Gasteiger partial charge in [0.05, 0.1) is 17.2 Å². The van der Waals surface area contributed by atoms with Crippen molar-refractivity contribution in [3.05, 3.63) is 58.4 Å². The molecule has 21 heavy (non-hydrogen) atoms. The van der Waals surface area contributed by atoms with E-state index in [1.165, 1.54) is 0 Å². The minimum atomic E-state index is -0.351. The average molecular weight is 282 g/mol. The highest BCUT2D eigenvalue weighted by molar-refractivity contribution is 5.91. The molecule has 0 aliphatic carbocycles. The quantitative estimate of drug-likeness (QED) is 0.808. The van der Waals surface area contributed by atoms with Gasteiger partial charge in [-0.15, -0.1) is 0 Å². The summed E-state index contributed by atoms with van der Waals surface area (Å²) in [5.41, 5.74) is 3.79. The Labute approximate surface area is 124 Å². The molecule has 108 valence electrons. The van der Waals surface area contributed by atoms with Crippen LogP contribution in [-0.2, 0) is 17.9 Å². The Morgan fingerprint density at radius 3 is 2.67 bits per heavy atom. The van der Waals surface area contributed by atoms with Crippen LogP contribution in [0.25, 0.3) is 0 Å². The molecule has 1 aromatic heterocycles. The van der Waals surface area contributed by atoms with E-state index < -0.39 is 0 Å². The third kappa shape index (κ3) is 2.97. The molecular weight excluding hydrogens is 264 g/mol. The number of aromatic nitrogens is 1. The van der Waals surface area contributed by atoms with E-state index in [-0.39, 0.29) is 12.6 Å². The zero-order chi connectivity index (χ0) is 15.4. The standard InChI is InChI=1S/C17H18N2O2/c1-4-19-12(2)9-16(13(19)3)17(20)21-11-15-8-6-5-7-14(15)10-18/h5-9H,4,11H2,1-3H3. The van der Waals surface area contributed by atoms with E-state index in [0.29, 0.717) is 11.1 Å². The molecule has 4 heteroatoms. The molecule has 0 aliphatic heterocycles. The molecule has 0 amide bonds. The third-order valence-corrected chi connectivity index (χ3v) is 3.61. The largest absolute Gasteiger partial charge is 0.457 e. The van der Waals surface area contributed by atoms with Crippen LogP contribution in [0.3, 0.4) is 0 Å². The lowest BCUT2D eigenvalue weighted by Crippen LogP contribution is -2.08. The van der Waals surface area contributed by atoms with Crippen molar-refractivity contribution in [2.75, 3.05) is 0 Å². The first-order chi connectivity index (χ1) is 10.1. The molecule has 0 N–H and O–H groups in total. The first kappa shape index (κ1) is 14.9. The molecule has 2 rings (SSSR count). The molecule has 0 unspecified atom stereocenters. The van der Waals surface area contributed by atoms with Gasteiger partial charge >= 0.3 is 5.97 Å². The summed E-state index contributed by atoms with van der Waals surface area (Å²) in [7, 11) is 0. The smallest absolute Gasteiger partial charge is 0.340 e. The van der Waals surface area contributed by atoms with Gasteiger partial charge in [-0.25, -0.2) is 4.79 Å². The maximum atomic E-state index is 12.2. The molecule has 0 radical (unpaired) electrons. The summed E-state index contributed by atoms with van der Waals surface area (Å²) in [4.78, 5) is 12.2. The number of rotatable bonds is 4. The van der Waals surface area contributed by atoms with Crippen molar-refractivity contribution in [3.8, 4) is 6.07 Å². The van der Waals surface area contributed by atoms with E-state index in [2.05, 4.69) is 10.6 Å². The van der Waals surface area contributed by atoms with Crippen molar-refractivity contribution in [2.24, 2.45) is 0 Å². The summed E-state index contributed by atoms with van der Waals surface area (Å²) in [5.74, 6) is -0.351. The second-order valence-corrected chi connectivity index (χ2v) is 4.87. The van der Waals surface area contributed by atoms with E-state index in [1.54, 1.807) is 18.2 Å². The molecule has 1 aromatic carbocycles. The molecule has 0 saturated carbocycles. The molecule has 2 aromatic rings. The topological polar surface area (TPSA) is 55.0 Å². The van der Waals surface area contributed by atoms with Crippen LogP contribution in [0.5, 0.6) is 0 Å². The monoisotopic (exact) mass is 282 g/mol. The number of nitrogens with zero attached hydrogens (tertiary/aromatic N) is 2. The fourth-order valence-electron chi connectivity index (χ4n) is 2.47. The number of esters is 1. The zero-order valence-electron chi connectivity index (χ0n) is 12.5. The summed E-state index contributed by atoms with van der Waals surface area (Å²) >= 11 is 0. The van der Waals surface area contributed by atoms with Gasteiger partial charge in [-0.2, -0.15) is 5.26 Å². The predicted molar refractivity (Wildman–Crippen MR) is 79.9 cm³/mol. The van der Waals surface area contributed by atoms with Crippen LogP contribution in [0.15, 0.2) is 30.3 Å². The van der Waals surface area contributed by atoms with Crippen LogP contribution in [0.2, 0.25) is 0 Å². The summed E-state index contributed by atoms with van der Waals surface area (Å²) in [6.07, 6.45) is 0. The minimum Gasteiger partial charge on any atom is -0.457 e. The summed E-state index contributed by atoms with van der Waals surface area (Å²) < 4.78 is 7.42. The summed E-state index contributed by atoms with van der Waals surface area (Å²) in [6.45, 7) is 6.85. The third-order valence-electron chi connectivity index (χ3n) is 3.61. The molecule has 1 heterocycles. The first-order valence-corrected chi connectivity index (χ1v) is 6.90. The Balaban J connectivity index is 2.14. The van der Waals surface area contributed by atoms with Crippen LogP contribution in [0.4, 0.5) is 0 Å². The van der Waals surface area contributed by atoms with Gasteiger partial charge in [-0.3, -0.25) is 0 Å². The second kappa shape index (κ2) is 6.27. The van der Waals surface area contributed by atoms with Crippen LogP contribution in [0.1, 0.15) is 39.8 Å². The molecule has 0 fully saturated rings. The highest BCUT2D eigenvalue weighted by atomic mass is 16.5. The first-order valence-electron chi connectivity index (χ1n) is 6.90. The fourth-order valence-corrected chi connectivity index (χ4v) is 2.47. The summed E-state index contributed by atoms with van der Waals surface area (Å²) in [6, 6.07) is 11.1. The van der Waals surface area contributed by atoms with Crippen molar-refractivity contribution in [2.45, 2.75) is 33.9 Å². The number of carbonyl (C=O) groups excluding carboxylic acids is 1. The fraction of sp³-hybridized carbons (Fsp3) is 0.294. The van der Waals surface area contributed by atoms with E-state index >= 15 is 0 Å². The van der Waals surface area contributed by atoms with Crippen molar-refractivity contribution in [3.63, 3.8) is 0 Å². The van der Waals surface area contributed by atoms with Crippen LogP contribution >= 0.6 is 0 Å². The highest BCUT2D eigenvalue weighted by Gasteiger charge is 2.16. The molecule has 0 atom stereocenters. The predicted octanol–water partition coefficient (Wildman–Crippen LogP) is 3.35. The van der Waals surface area contributed by atoms with E-state index in [0.717, 1.165) is 23.5 Å². The van der Waals surface area contributed by atoms with Gasteiger partial charge in [-0.1, -0.05) is 18.2 Å². The lowest BCUT2D eigenvalue weighted by molar-refractivity contribution is 0.0471. The Kier molecular flexibility index (Phi) is 4.44. The van der Waals surface area contributed by atoms with Crippen LogP contribution in [-0.4, -0.2) is 10.5 Å². The number of hydrogen-bond donors (Lipinski definition) is 0. The Bertz CT molecular complexity index is 708. The molecule has 0 spiro atoms. The zero-order valence-corrected chi connectivity index (χ0v) is 12.5. The Morgan fingerprint density at radius 2 is 2.05 bits per heavy atom. The van der Waals surface area contributed by atoms with Gasteiger partial charge in [0.1, 0.15) is 6.61 Å². The van der Waals surface area contributed by atoms with Crippen molar-refractivity contribution < 1.29 is 9.53 Å². The van der Waals surface area contributed by atoms with Gasteiger partial charge in [0.15, 0.2) is 0 Å². The molecule has 0 aliphatic rings. The number of hydrogen-bond acceptors (Lipinski definition) is 3. The van der Waals surface area contributed by atoms with Gasteiger partial charge in [-0.05, 0) is 32.9 Å². The Morgan fingerprint density at radius 1 is 1.33 bits per heavy atom. The van der Waals surface area contributed by atoms with E-state index in [1.807, 2.05) is 32.9 Å². The number of benzene rings is 1. The molecular formula is C17H18N2O2. The highest BCUT2D eigenvalue weighted by Crippen LogP contribution is 2.17. The molecule has 0 bridgehead atoms. The van der Waals surface area contributed by atoms with Crippen LogP contribution < -0.4 is 0 Å². The van der Waals surface area contributed by atoms with Gasteiger partial charge < -0.3 is 9.30 Å². The number of carbonyl (C=O) groups is 1. The van der Waals surface area contributed by atoms with E-state index in [4.69, 9.17) is 10.00 Å². The second-order valence-electron chi connectivity index (χ2n) is 4.87. The maximum absolute atomic E-state index is 12.2. The minimum absolute atomic E-state index is 0.109. The van der Waals surface area contributed by atoms with Gasteiger partial charge in [0, 0.05) is 23.5 Å². The van der Waals surface area contributed by atoms with Crippen molar-refractivity contribution in [1.82, 2.24) is 4.57 Å². The summed E-state index contributed by atoms with van der Waals surface area (Å²) in [5, 5.41) is 9.02. The number of aryl methyl sites for hydroxylation is 1. The van der Waals surface area contributed by atoms with Crippen molar-refractivity contribution >= 4 is 5.97 Å². The van der Waals surface area contributed by atoms with Crippen LogP contribution in [0, 0.1) is 25.2 Å². The van der Waals surface area contributed by atoms with Gasteiger partial charge in [0.25, 0.3) is 0 Å². The number of nitriles is 1. The Hall–Kier alpha value is -2.54.